The zero-order valence-electron chi connectivity index (χ0n) is 8.11. The van der Waals surface area contributed by atoms with E-state index in [0.717, 1.165) is 0 Å². The topological polar surface area (TPSA) is 133 Å². The molecule has 4 atom stereocenters. The summed E-state index contributed by atoms with van der Waals surface area (Å²) in [5.74, 6) is 0. The molecule has 0 spiro atoms. The van der Waals surface area contributed by atoms with Gasteiger partial charge in [0.2, 0.25) is 0 Å². The summed E-state index contributed by atoms with van der Waals surface area (Å²) >= 11 is 0. The van der Waals surface area contributed by atoms with Crippen LogP contribution in [0, 0.1) is 0 Å². The van der Waals surface area contributed by atoms with Gasteiger partial charge in [-0.05, 0) is 0 Å². The molecule has 1 fully saturated rings. The van der Waals surface area contributed by atoms with Gasteiger partial charge in [-0.3, -0.25) is 0 Å². The molecular weight excluding hydrogens is 206 g/mol. The van der Waals surface area contributed by atoms with Gasteiger partial charge in [0.25, 0.3) is 0 Å². The second kappa shape index (κ2) is 4.71. The first-order valence-corrected chi connectivity index (χ1v) is 4.67. The van der Waals surface area contributed by atoms with E-state index in [4.69, 9.17) is 10.2 Å². The second-order valence-electron chi connectivity index (χ2n) is 3.85. The zero-order valence-corrected chi connectivity index (χ0v) is 8.11. The summed E-state index contributed by atoms with van der Waals surface area (Å²) in [6.45, 7) is -1.39. The van der Waals surface area contributed by atoms with Gasteiger partial charge in [0.05, 0.1) is 24.9 Å². The van der Waals surface area contributed by atoms with Crippen LogP contribution in [0.4, 0.5) is 0 Å². The van der Waals surface area contributed by atoms with Crippen molar-refractivity contribution < 1.29 is 30.6 Å². The molecule has 0 amide bonds. The molecule has 1 aliphatic rings. The van der Waals surface area contributed by atoms with E-state index in [9.17, 15) is 20.4 Å². The summed E-state index contributed by atoms with van der Waals surface area (Å²) in [5.41, 5.74) is -1.52. The fourth-order valence-electron chi connectivity index (χ4n) is 1.62. The molecule has 1 rings (SSSR count). The Morgan fingerprint density at radius 1 is 1.00 bits per heavy atom. The molecule has 90 valence electrons. The van der Waals surface area contributed by atoms with Crippen molar-refractivity contribution in [1.82, 2.24) is 5.32 Å². The summed E-state index contributed by atoms with van der Waals surface area (Å²) in [6.07, 6.45) is -5.99. The first-order valence-electron chi connectivity index (χ1n) is 4.67. The molecule has 0 aliphatic carbocycles. The number of aliphatic hydroxyl groups excluding tert-OH is 6. The number of rotatable bonds is 2. The number of aliphatic hydroxyl groups is 6. The third-order valence-electron chi connectivity index (χ3n) is 2.86. The normalized spacial score (nSPS) is 41.2. The van der Waals surface area contributed by atoms with E-state index >= 15 is 0 Å². The molecule has 0 saturated carbocycles. The summed E-state index contributed by atoms with van der Waals surface area (Å²) < 4.78 is 0. The Labute approximate surface area is 86.6 Å². The van der Waals surface area contributed by atoms with Crippen molar-refractivity contribution in [3.63, 3.8) is 0 Å². The molecule has 7 nitrogen and oxygen atoms in total. The van der Waals surface area contributed by atoms with E-state index in [1.807, 2.05) is 0 Å². The fourth-order valence-corrected chi connectivity index (χ4v) is 1.62. The van der Waals surface area contributed by atoms with E-state index in [-0.39, 0.29) is 6.54 Å². The average molecular weight is 223 g/mol. The maximum Gasteiger partial charge on any atom is 0.110 e. The van der Waals surface area contributed by atoms with Gasteiger partial charge in [0, 0.05) is 6.54 Å². The van der Waals surface area contributed by atoms with Gasteiger partial charge < -0.3 is 36.0 Å². The number of nitrogens with one attached hydrogen (secondary N) is 1. The SMILES string of the molecule is OCC1(CO)NC[C@H](O)[C@@H](O)[C@H](O)[C@@H]1O. The van der Waals surface area contributed by atoms with Crippen LogP contribution in [0.25, 0.3) is 0 Å². The molecule has 0 radical (unpaired) electrons. The molecule has 0 unspecified atom stereocenters. The molecule has 1 heterocycles. The van der Waals surface area contributed by atoms with Gasteiger partial charge in [0.1, 0.15) is 18.3 Å². The molecule has 15 heavy (non-hydrogen) atoms. The van der Waals surface area contributed by atoms with Gasteiger partial charge in [-0.2, -0.15) is 0 Å². The van der Waals surface area contributed by atoms with Crippen LogP contribution in [0.2, 0.25) is 0 Å². The average Bonchev–Trinajstić information content (AvgIpc) is 2.34. The van der Waals surface area contributed by atoms with Gasteiger partial charge in [-0.25, -0.2) is 0 Å². The fraction of sp³-hybridized carbons (Fsp3) is 1.00. The minimum Gasteiger partial charge on any atom is -0.394 e. The van der Waals surface area contributed by atoms with Crippen LogP contribution in [0.3, 0.4) is 0 Å². The van der Waals surface area contributed by atoms with Crippen molar-refractivity contribution in [3.8, 4) is 0 Å². The first kappa shape index (κ1) is 12.8. The van der Waals surface area contributed by atoms with E-state index in [0.29, 0.717) is 0 Å². The van der Waals surface area contributed by atoms with E-state index in [1.165, 1.54) is 0 Å². The van der Waals surface area contributed by atoms with Gasteiger partial charge in [-0.15, -0.1) is 0 Å². The van der Waals surface area contributed by atoms with Gasteiger partial charge >= 0.3 is 0 Å². The van der Waals surface area contributed by atoms with Crippen molar-refractivity contribution >= 4 is 0 Å². The maximum absolute atomic E-state index is 9.65. The van der Waals surface area contributed by atoms with Crippen LogP contribution >= 0.6 is 0 Å². The molecule has 7 heteroatoms. The Kier molecular flexibility index (Phi) is 4.01. The van der Waals surface area contributed by atoms with Gasteiger partial charge in [0.15, 0.2) is 0 Å². The first-order chi connectivity index (χ1) is 6.98. The largest absolute Gasteiger partial charge is 0.394 e. The molecule has 1 aliphatic heterocycles. The smallest absolute Gasteiger partial charge is 0.110 e. The van der Waals surface area contributed by atoms with Crippen LogP contribution in [-0.4, -0.2) is 80.4 Å². The number of hydrogen-bond donors (Lipinski definition) is 7. The van der Waals surface area contributed by atoms with E-state index in [1.54, 1.807) is 0 Å². The highest BCUT2D eigenvalue weighted by molar-refractivity contribution is 5.03. The van der Waals surface area contributed by atoms with Crippen LogP contribution in [0.1, 0.15) is 0 Å². The van der Waals surface area contributed by atoms with Crippen molar-refractivity contribution in [1.29, 1.82) is 0 Å². The molecule has 0 aromatic rings. The lowest BCUT2D eigenvalue weighted by molar-refractivity contribution is -0.120. The zero-order chi connectivity index (χ0) is 11.6. The third kappa shape index (κ3) is 2.13. The minimum atomic E-state index is -1.63. The highest BCUT2D eigenvalue weighted by Gasteiger charge is 2.47. The van der Waals surface area contributed by atoms with Crippen molar-refractivity contribution in [2.45, 2.75) is 30.0 Å². The summed E-state index contributed by atoms with van der Waals surface area (Å²) in [7, 11) is 0. The lowest BCUT2D eigenvalue weighted by atomic mass is 9.89. The molecule has 1 saturated heterocycles. The quantitative estimate of drug-likeness (QED) is 0.252. The number of hydrogen-bond acceptors (Lipinski definition) is 7. The molecule has 7 N–H and O–H groups in total. The van der Waals surface area contributed by atoms with E-state index < -0.39 is 43.2 Å². The molecule has 0 aromatic heterocycles. The third-order valence-corrected chi connectivity index (χ3v) is 2.86. The number of β-amino-alcohol motifs (C(OH)–C–C–N with tert-alkyl or cyclic N) is 1. The van der Waals surface area contributed by atoms with Crippen LogP contribution in [0.5, 0.6) is 0 Å². The summed E-state index contributed by atoms with van der Waals surface area (Å²) in [6, 6.07) is 0. The lowest BCUT2D eigenvalue weighted by Gasteiger charge is -2.36. The Morgan fingerprint density at radius 3 is 2.00 bits per heavy atom. The van der Waals surface area contributed by atoms with Crippen molar-refractivity contribution in [3.05, 3.63) is 0 Å². The predicted molar refractivity (Wildman–Crippen MR) is 48.9 cm³/mol. The summed E-state index contributed by atoms with van der Waals surface area (Å²) in [4.78, 5) is 0. The predicted octanol–water partition coefficient (Wildman–Crippen LogP) is -4.24. The van der Waals surface area contributed by atoms with E-state index in [2.05, 4.69) is 5.32 Å². The van der Waals surface area contributed by atoms with Crippen molar-refractivity contribution in [2.75, 3.05) is 19.8 Å². The minimum absolute atomic E-state index is 0.142. The monoisotopic (exact) mass is 223 g/mol. The lowest BCUT2D eigenvalue weighted by Crippen LogP contribution is -2.63. The van der Waals surface area contributed by atoms with Crippen LogP contribution < -0.4 is 5.32 Å². The van der Waals surface area contributed by atoms with Crippen molar-refractivity contribution in [2.24, 2.45) is 0 Å². The highest BCUT2D eigenvalue weighted by Crippen LogP contribution is 2.20. The Bertz CT molecular complexity index is 209. The maximum atomic E-state index is 9.65. The Hall–Kier alpha value is -0.280. The highest BCUT2D eigenvalue weighted by atomic mass is 16.4. The molecular formula is C8H17NO6. The van der Waals surface area contributed by atoms with Crippen LogP contribution in [0.15, 0.2) is 0 Å². The van der Waals surface area contributed by atoms with Crippen LogP contribution in [-0.2, 0) is 0 Å². The van der Waals surface area contributed by atoms with Gasteiger partial charge in [-0.1, -0.05) is 0 Å². The standard InChI is InChI=1S/C8H17NO6/c10-2-8(3-11)7(15)6(14)5(13)4(12)1-9-8/h4-7,9-15H,1-3H2/t4-,5+,6-,7-/m0/s1. The molecule has 0 bridgehead atoms. The summed E-state index contributed by atoms with van der Waals surface area (Å²) in [5, 5.41) is 58.5. The Balaban J connectivity index is 2.93. The molecule has 0 aromatic carbocycles. The second-order valence-corrected chi connectivity index (χ2v) is 3.85. The Morgan fingerprint density at radius 2 is 1.53 bits per heavy atom.